The Morgan fingerprint density at radius 2 is 2.18 bits per heavy atom. The Morgan fingerprint density at radius 3 is 2.65 bits per heavy atom. The van der Waals surface area contributed by atoms with Crippen molar-refractivity contribution in [3.63, 3.8) is 0 Å². The molecule has 0 bridgehead atoms. The standard InChI is InChI=1S/C10H18N4O3/c1-2-10(5-15,6-16)13-9(17)3-4-14-8-11-7-12-14/h7-8,15-16H,2-6H2,1H3,(H,13,17). The molecule has 1 rings (SSSR count). The predicted molar refractivity (Wildman–Crippen MR) is 60.0 cm³/mol. The molecule has 0 saturated heterocycles. The summed E-state index contributed by atoms with van der Waals surface area (Å²) in [6.45, 7) is 1.65. The second-order valence-electron chi connectivity index (χ2n) is 3.91. The van der Waals surface area contributed by atoms with Crippen LogP contribution in [0.4, 0.5) is 0 Å². The summed E-state index contributed by atoms with van der Waals surface area (Å²) in [7, 11) is 0. The van der Waals surface area contributed by atoms with Gasteiger partial charge in [0.1, 0.15) is 12.7 Å². The Morgan fingerprint density at radius 1 is 1.47 bits per heavy atom. The maximum atomic E-state index is 11.6. The monoisotopic (exact) mass is 242 g/mol. The molecular formula is C10H18N4O3. The highest BCUT2D eigenvalue weighted by molar-refractivity contribution is 5.76. The quantitative estimate of drug-likeness (QED) is 0.564. The predicted octanol–water partition coefficient (Wildman–Crippen LogP) is -1.08. The minimum Gasteiger partial charge on any atom is -0.394 e. The molecule has 3 N–H and O–H groups in total. The number of amides is 1. The molecule has 7 heteroatoms. The minimum atomic E-state index is -0.931. The van der Waals surface area contributed by atoms with Crippen LogP contribution >= 0.6 is 0 Å². The number of aliphatic hydroxyl groups excluding tert-OH is 2. The third-order valence-corrected chi connectivity index (χ3v) is 2.72. The van der Waals surface area contributed by atoms with Crippen molar-refractivity contribution in [2.24, 2.45) is 0 Å². The van der Waals surface area contributed by atoms with Crippen LogP contribution in [0, 0.1) is 0 Å². The number of carbonyl (C=O) groups excluding carboxylic acids is 1. The number of aliphatic hydroxyl groups is 2. The van der Waals surface area contributed by atoms with Gasteiger partial charge in [-0.25, -0.2) is 4.98 Å². The molecule has 0 aliphatic carbocycles. The highest BCUT2D eigenvalue weighted by Gasteiger charge is 2.28. The molecule has 0 aliphatic heterocycles. The largest absolute Gasteiger partial charge is 0.394 e. The summed E-state index contributed by atoms with van der Waals surface area (Å²) < 4.78 is 1.55. The molecule has 1 aromatic heterocycles. The fraction of sp³-hybridized carbons (Fsp3) is 0.700. The van der Waals surface area contributed by atoms with Gasteiger partial charge in [-0.3, -0.25) is 9.48 Å². The summed E-state index contributed by atoms with van der Waals surface area (Å²) in [5.74, 6) is -0.231. The lowest BCUT2D eigenvalue weighted by Gasteiger charge is -2.29. The molecule has 0 radical (unpaired) electrons. The number of nitrogens with one attached hydrogen (secondary N) is 1. The van der Waals surface area contributed by atoms with Crippen molar-refractivity contribution < 1.29 is 15.0 Å². The first-order valence-corrected chi connectivity index (χ1v) is 5.51. The second kappa shape index (κ2) is 6.31. The molecule has 0 saturated carbocycles. The van der Waals surface area contributed by atoms with Gasteiger partial charge in [-0.2, -0.15) is 5.10 Å². The van der Waals surface area contributed by atoms with Gasteiger partial charge in [-0.1, -0.05) is 6.92 Å². The Hall–Kier alpha value is -1.47. The summed E-state index contributed by atoms with van der Waals surface area (Å²) in [6.07, 6.45) is 3.62. The van der Waals surface area contributed by atoms with Gasteiger partial charge in [0.05, 0.1) is 25.3 Å². The Labute approximate surface area is 99.5 Å². The third-order valence-electron chi connectivity index (χ3n) is 2.72. The fourth-order valence-corrected chi connectivity index (χ4v) is 1.36. The van der Waals surface area contributed by atoms with Crippen molar-refractivity contribution in [2.75, 3.05) is 13.2 Å². The van der Waals surface area contributed by atoms with Crippen molar-refractivity contribution >= 4 is 5.91 Å². The van der Waals surface area contributed by atoms with E-state index in [1.807, 2.05) is 0 Å². The Bertz CT molecular complexity index is 327. The Kier molecular flexibility index (Phi) is 5.05. The lowest BCUT2D eigenvalue weighted by molar-refractivity contribution is -0.124. The van der Waals surface area contributed by atoms with Crippen LogP contribution < -0.4 is 5.32 Å². The van der Waals surface area contributed by atoms with Crippen molar-refractivity contribution in [3.05, 3.63) is 12.7 Å². The van der Waals surface area contributed by atoms with Crippen molar-refractivity contribution in [3.8, 4) is 0 Å². The molecule has 0 aliphatic rings. The van der Waals surface area contributed by atoms with E-state index in [1.54, 1.807) is 11.6 Å². The molecule has 0 atom stereocenters. The van der Waals surface area contributed by atoms with Crippen molar-refractivity contribution in [1.29, 1.82) is 0 Å². The van der Waals surface area contributed by atoms with Gasteiger partial charge in [0.25, 0.3) is 0 Å². The number of hydrogen-bond donors (Lipinski definition) is 3. The zero-order valence-electron chi connectivity index (χ0n) is 9.83. The first kappa shape index (κ1) is 13.6. The molecule has 96 valence electrons. The van der Waals surface area contributed by atoms with Crippen LogP contribution in [0.3, 0.4) is 0 Å². The van der Waals surface area contributed by atoms with E-state index in [9.17, 15) is 15.0 Å². The molecule has 1 heterocycles. The van der Waals surface area contributed by atoms with E-state index in [2.05, 4.69) is 15.4 Å². The van der Waals surface area contributed by atoms with E-state index in [4.69, 9.17) is 0 Å². The van der Waals surface area contributed by atoms with Gasteiger partial charge in [0.15, 0.2) is 0 Å². The normalized spacial score (nSPS) is 11.5. The van der Waals surface area contributed by atoms with E-state index in [0.29, 0.717) is 13.0 Å². The molecule has 1 aromatic rings. The summed E-state index contributed by atoms with van der Waals surface area (Å²) >= 11 is 0. The minimum absolute atomic E-state index is 0.227. The van der Waals surface area contributed by atoms with E-state index in [0.717, 1.165) is 0 Å². The van der Waals surface area contributed by atoms with Crippen LogP contribution in [0.15, 0.2) is 12.7 Å². The smallest absolute Gasteiger partial charge is 0.222 e. The van der Waals surface area contributed by atoms with E-state index in [1.165, 1.54) is 12.7 Å². The molecular weight excluding hydrogens is 224 g/mol. The number of nitrogens with zero attached hydrogens (tertiary/aromatic N) is 3. The molecule has 0 unspecified atom stereocenters. The SMILES string of the molecule is CCC(CO)(CO)NC(=O)CCn1cncn1. The molecule has 7 nitrogen and oxygen atoms in total. The Balaban J connectivity index is 2.42. The third kappa shape index (κ3) is 3.79. The van der Waals surface area contributed by atoms with Gasteiger partial charge in [-0.05, 0) is 6.42 Å². The molecule has 0 spiro atoms. The maximum Gasteiger partial charge on any atom is 0.222 e. The second-order valence-corrected chi connectivity index (χ2v) is 3.91. The van der Waals surface area contributed by atoms with Crippen molar-refractivity contribution in [1.82, 2.24) is 20.1 Å². The number of aryl methyl sites for hydroxylation is 1. The number of rotatable bonds is 7. The summed E-state index contributed by atoms with van der Waals surface area (Å²) in [5, 5.41) is 24.9. The number of hydrogen-bond acceptors (Lipinski definition) is 5. The van der Waals surface area contributed by atoms with Gasteiger partial charge in [-0.15, -0.1) is 0 Å². The van der Waals surface area contributed by atoms with Crippen molar-refractivity contribution in [2.45, 2.75) is 31.8 Å². The average Bonchev–Trinajstić information content (AvgIpc) is 2.87. The molecule has 0 fully saturated rings. The van der Waals surface area contributed by atoms with Crippen LogP contribution in [0.25, 0.3) is 0 Å². The number of aromatic nitrogens is 3. The topological polar surface area (TPSA) is 100 Å². The van der Waals surface area contributed by atoms with Crippen LogP contribution in [0.2, 0.25) is 0 Å². The highest BCUT2D eigenvalue weighted by atomic mass is 16.3. The van der Waals surface area contributed by atoms with Crippen LogP contribution in [-0.4, -0.2) is 49.6 Å². The molecule has 1 amide bonds. The van der Waals surface area contributed by atoms with E-state index < -0.39 is 5.54 Å². The fourth-order valence-electron chi connectivity index (χ4n) is 1.36. The van der Waals surface area contributed by atoms with Crippen LogP contribution in [-0.2, 0) is 11.3 Å². The van der Waals surface area contributed by atoms with Gasteiger partial charge in [0, 0.05) is 6.42 Å². The maximum absolute atomic E-state index is 11.6. The van der Waals surface area contributed by atoms with Gasteiger partial charge < -0.3 is 15.5 Å². The van der Waals surface area contributed by atoms with Gasteiger partial charge >= 0.3 is 0 Å². The zero-order valence-corrected chi connectivity index (χ0v) is 9.83. The van der Waals surface area contributed by atoms with Crippen LogP contribution in [0.5, 0.6) is 0 Å². The lowest BCUT2D eigenvalue weighted by Crippen LogP contribution is -2.53. The van der Waals surface area contributed by atoms with Crippen LogP contribution in [0.1, 0.15) is 19.8 Å². The summed E-state index contributed by atoms with van der Waals surface area (Å²) in [6, 6.07) is 0. The first-order valence-electron chi connectivity index (χ1n) is 5.51. The first-order chi connectivity index (χ1) is 8.15. The van der Waals surface area contributed by atoms with E-state index in [-0.39, 0.29) is 25.5 Å². The average molecular weight is 242 g/mol. The molecule has 0 aromatic carbocycles. The number of carbonyl (C=O) groups is 1. The summed E-state index contributed by atoms with van der Waals surface area (Å²) in [4.78, 5) is 15.4. The molecule has 17 heavy (non-hydrogen) atoms. The lowest BCUT2D eigenvalue weighted by atomic mass is 9.98. The van der Waals surface area contributed by atoms with Gasteiger partial charge in [0.2, 0.25) is 5.91 Å². The zero-order chi connectivity index (χ0) is 12.7. The summed E-state index contributed by atoms with van der Waals surface area (Å²) in [5.41, 5.74) is -0.931. The highest BCUT2D eigenvalue weighted by Crippen LogP contribution is 2.08. The van der Waals surface area contributed by atoms with E-state index >= 15 is 0 Å².